The van der Waals surface area contributed by atoms with Crippen LogP contribution in [0.25, 0.3) is 0 Å². The van der Waals surface area contributed by atoms with Gasteiger partial charge >= 0.3 is 12.1 Å². The van der Waals surface area contributed by atoms with E-state index in [0.29, 0.717) is 12.1 Å². The Balaban J connectivity index is 2.59. The van der Waals surface area contributed by atoms with Gasteiger partial charge in [-0.1, -0.05) is 5.16 Å². The largest absolute Gasteiger partial charge is 0.480 e. The van der Waals surface area contributed by atoms with Crippen LogP contribution in [0.2, 0.25) is 0 Å². The van der Waals surface area contributed by atoms with Crippen molar-refractivity contribution in [3.8, 4) is 0 Å². The van der Waals surface area contributed by atoms with Crippen molar-refractivity contribution in [3.05, 3.63) is 0 Å². The minimum absolute atomic E-state index is 0.368. The van der Waals surface area contributed by atoms with Crippen LogP contribution < -0.4 is 5.32 Å². The molecule has 102 valence electrons. The Morgan fingerprint density at radius 1 is 1.56 bits per heavy atom. The highest BCUT2D eigenvalue weighted by molar-refractivity contribution is 5.86. The highest BCUT2D eigenvalue weighted by Crippen LogP contribution is 2.15. The van der Waals surface area contributed by atoms with Crippen LogP contribution in [0, 0.1) is 0 Å². The number of carboxylic acid groups (broad SMARTS) is 1. The molecule has 18 heavy (non-hydrogen) atoms. The van der Waals surface area contributed by atoms with E-state index in [1.807, 2.05) is 0 Å². The second-order valence-electron chi connectivity index (χ2n) is 5.14. The number of ether oxygens (including phenoxy) is 1. The summed E-state index contributed by atoms with van der Waals surface area (Å²) in [5.41, 5.74) is 0.00745. The number of alkyl carbamates (subject to hydrolysis) is 1. The third kappa shape index (κ3) is 4.23. The van der Waals surface area contributed by atoms with Gasteiger partial charge in [0.2, 0.25) is 0 Å². The number of oxime groups is 1. The fourth-order valence-corrected chi connectivity index (χ4v) is 1.45. The first-order valence-corrected chi connectivity index (χ1v) is 5.60. The van der Waals surface area contributed by atoms with E-state index in [4.69, 9.17) is 14.7 Å². The smallest absolute Gasteiger partial charge is 0.408 e. The van der Waals surface area contributed by atoms with Crippen molar-refractivity contribution in [1.29, 1.82) is 0 Å². The third-order valence-electron chi connectivity index (χ3n) is 2.15. The maximum atomic E-state index is 11.5. The van der Waals surface area contributed by atoms with E-state index >= 15 is 0 Å². The van der Waals surface area contributed by atoms with Crippen molar-refractivity contribution in [2.24, 2.45) is 5.16 Å². The summed E-state index contributed by atoms with van der Waals surface area (Å²) in [5, 5.41) is 15.0. The monoisotopic (exact) mass is 258 g/mol. The predicted octanol–water partition coefficient (Wildman–Crippen LogP) is 1.13. The van der Waals surface area contributed by atoms with Crippen molar-refractivity contribution < 1.29 is 24.3 Å². The Morgan fingerprint density at radius 3 is 2.56 bits per heavy atom. The number of carbonyl (C=O) groups excluding carboxylic acids is 1. The quantitative estimate of drug-likeness (QED) is 0.790. The second kappa shape index (κ2) is 5.24. The van der Waals surface area contributed by atoms with E-state index in [-0.39, 0.29) is 0 Å². The van der Waals surface area contributed by atoms with E-state index in [1.165, 1.54) is 0 Å². The molecule has 0 fully saturated rings. The highest BCUT2D eigenvalue weighted by atomic mass is 16.6. The molecule has 0 aromatic rings. The molecule has 0 saturated carbocycles. The predicted molar refractivity (Wildman–Crippen MR) is 63.4 cm³/mol. The lowest BCUT2D eigenvalue weighted by molar-refractivity contribution is -0.143. The average molecular weight is 258 g/mol. The minimum Gasteiger partial charge on any atom is -0.480 e. The number of amides is 1. The van der Waals surface area contributed by atoms with Crippen LogP contribution in [0.5, 0.6) is 0 Å². The van der Waals surface area contributed by atoms with E-state index in [9.17, 15) is 9.59 Å². The molecule has 0 bridgehead atoms. The molecule has 1 heterocycles. The molecular weight excluding hydrogens is 240 g/mol. The third-order valence-corrected chi connectivity index (χ3v) is 2.15. The maximum Gasteiger partial charge on any atom is 0.408 e. The van der Waals surface area contributed by atoms with Crippen molar-refractivity contribution in [3.63, 3.8) is 0 Å². The molecule has 0 aromatic carbocycles. The Bertz CT molecular complexity index is 372. The fourth-order valence-electron chi connectivity index (χ4n) is 1.45. The molecule has 7 nitrogen and oxygen atoms in total. The van der Waals surface area contributed by atoms with Gasteiger partial charge in [-0.15, -0.1) is 0 Å². The maximum absolute atomic E-state index is 11.5. The summed E-state index contributed by atoms with van der Waals surface area (Å²) in [6.45, 7) is 6.82. The summed E-state index contributed by atoms with van der Waals surface area (Å²) in [7, 11) is 0. The van der Waals surface area contributed by atoms with Crippen molar-refractivity contribution in [2.45, 2.75) is 51.9 Å². The molecule has 1 rings (SSSR count). The summed E-state index contributed by atoms with van der Waals surface area (Å²) in [6.07, 6.45) is -1.12. The molecule has 0 radical (unpaired) electrons. The first kappa shape index (κ1) is 14.3. The number of hydrogen-bond acceptors (Lipinski definition) is 5. The molecule has 0 saturated heterocycles. The summed E-state index contributed by atoms with van der Waals surface area (Å²) in [4.78, 5) is 27.6. The molecule has 1 amide bonds. The minimum atomic E-state index is -1.18. The van der Waals surface area contributed by atoms with Crippen molar-refractivity contribution in [1.82, 2.24) is 5.32 Å². The van der Waals surface area contributed by atoms with Gasteiger partial charge in [-0.2, -0.15) is 0 Å². The van der Waals surface area contributed by atoms with Gasteiger partial charge in [-0.05, 0) is 27.7 Å². The number of nitrogens with zero attached hydrogens (tertiary/aromatic N) is 1. The van der Waals surface area contributed by atoms with Crippen LogP contribution >= 0.6 is 0 Å². The van der Waals surface area contributed by atoms with E-state index in [0.717, 1.165) is 0 Å². The van der Waals surface area contributed by atoms with Crippen LogP contribution in [0.3, 0.4) is 0 Å². The number of nitrogens with one attached hydrogen (secondary N) is 1. The fraction of sp³-hybridized carbons (Fsp3) is 0.727. The van der Waals surface area contributed by atoms with Crippen LogP contribution in [0.4, 0.5) is 4.79 Å². The molecular formula is C11H18N2O5. The summed E-state index contributed by atoms with van der Waals surface area (Å²) in [5.74, 6) is -1.18. The Labute approximate surface area is 105 Å². The van der Waals surface area contributed by atoms with Gasteiger partial charge in [-0.3, -0.25) is 0 Å². The van der Waals surface area contributed by atoms with Crippen molar-refractivity contribution >= 4 is 17.8 Å². The SMILES string of the molecule is CC1=NO[C@H]([C@H](NC(=O)OC(C)(C)C)C(=O)O)C1. The Kier molecular flexibility index (Phi) is 4.15. The molecule has 7 heteroatoms. The van der Waals surface area contributed by atoms with Gasteiger partial charge in [0.05, 0.1) is 5.71 Å². The first-order valence-electron chi connectivity index (χ1n) is 5.60. The number of carboxylic acids is 1. The van der Waals surface area contributed by atoms with Gasteiger partial charge in [0, 0.05) is 6.42 Å². The van der Waals surface area contributed by atoms with Gasteiger partial charge in [0.15, 0.2) is 12.1 Å². The summed E-state index contributed by atoms with van der Waals surface area (Å²) >= 11 is 0. The van der Waals surface area contributed by atoms with E-state index in [1.54, 1.807) is 27.7 Å². The van der Waals surface area contributed by atoms with Gasteiger partial charge in [0.25, 0.3) is 0 Å². The van der Waals surface area contributed by atoms with E-state index < -0.39 is 29.8 Å². The number of aliphatic carboxylic acids is 1. The molecule has 0 spiro atoms. The molecule has 1 aliphatic rings. The van der Waals surface area contributed by atoms with E-state index in [2.05, 4.69) is 10.5 Å². The van der Waals surface area contributed by atoms with Gasteiger partial charge in [-0.25, -0.2) is 9.59 Å². The van der Waals surface area contributed by atoms with Gasteiger partial charge in [0.1, 0.15) is 5.60 Å². The second-order valence-corrected chi connectivity index (χ2v) is 5.14. The number of carbonyl (C=O) groups is 2. The highest BCUT2D eigenvalue weighted by Gasteiger charge is 2.36. The first-order chi connectivity index (χ1) is 8.19. The molecule has 2 N–H and O–H groups in total. The average Bonchev–Trinajstić information content (AvgIpc) is 2.57. The molecule has 0 aliphatic carbocycles. The lowest BCUT2D eigenvalue weighted by atomic mass is 10.1. The lowest BCUT2D eigenvalue weighted by Crippen LogP contribution is -2.50. The van der Waals surface area contributed by atoms with Crippen molar-refractivity contribution in [2.75, 3.05) is 0 Å². The zero-order valence-electron chi connectivity index (χ0n) is 10.9. The van der Waals surface area contributed by atoms with Crippen LogP contribution in [-0.2, 0) is 14.4 Å². The molecule has 2 atom stereocenters. The molecule has 0 aromatic heterocycles. The number of rotatable bonds is 3. The summed E-state index contributed by atoms with van der Waals surface area (Å²) < 4.78 is 5.00. The van der Waals surface area contributed by atoms with Crippen LogP contribution in [0.1, 0.15) is 34.1 Å². The lowest BCUT2D eigenvalue weighted by Gasteiger charge is -2.23. The zero-order valence-corrected chi connectivity index (χ0v) is 10.9. The Hall–Kier alpha value is -1.79. The van der Waals surface area contributed by atoms with Gasteiger partial charge < -0.3 is 20.0 Å². The van der Waals surface area contributed by atoms with Crippen LogP contribution in [-0.4, -0.2) is 40.6 Å². The standard InChI is InChI=1S/C11H18N2O5/c1-6-5-7(18-13-6)8(9(14)15)12-10(16)17-11(2,3)4/h7-8H,5H2,1-4H3,(H,12,16)(H,14,15)/t7-,8-/m0/s1. The normalized spacial score (nSPS) is 20.7. The zero-order chi connectivity index (χ0) is 13.9. The van der Waals surface area contributed by atoms with Crippen LogP contribution in [0.15, 0.2) is 5.16 Å². The number of hydrogen-bond donors (Lipinski definition) is 2. The summed E-state index contributed by atoms with van der Waals surface area (Å²) in [6, 6.07) is -1.18. The topological polar surface area (TPSA) is 97.2 Å². The molecule has 0 unspecified atom stereocenters. The Morgan fingerprint density at radius 2 is 2.17 bits per heavy atom. The molecule has 1 aliphatic heterocycles.